The fourth-order valence-electron chi connectivity index (χ4n) is 7.74. The highest BCUT2D eigenvalue weighted by Gasteiger charge is 2.32. The first-order chi connectivity index (χ1) is 29.4. The standard InChI is InChI=1S/C48H24F3N9/c49-37-22-28(25-52)16-19-34(37)46-55-40-43(58(46)31-10-4-1-5-11-31)41-45(60(33-14-8-3-9-15-33)47(56-41)35-20-17-29(26-53)23-38(35)50)42-44(40)59(32-12-6-2-7-13-32)48(57-42)36-21-18-30(27-54)24-39(36)51/h1-24H. The van der Waals surface area contributed by atoms with Crippen LogP contribution < -0.4 is 0 Å². The molecule has 0 amide bonds. The topological polar surface area (TPSA) is 125 Å². The van der Waals surface area contributed by atoms with Crippen molar-refractivity contribution >= 4 is 33.1 Å². The van der Waals surface area contributed by atoms with Gasteiger partial charge in [0.05, 0.1) is 51.6 Å². The molecule has 0 fully saturated rings. The Morgan fingerprint density at radius 2 is 0.633 bits per heavy atom. The van der Waals surface area contributed by atoms with Crippen molar-refractivity contribution in [1.82, 2.24) is 28.7 Å². The first-order valence-electron chi connectivity index (χ1n) is 18.5. The zero-order valence-corrected chi connectivity index (χ0v) is 31.0. The predicted octanol–water partition coefficient (Wildman–Crippen LogP) is 10.7. The van der Waals surface area contributed by atoms with Crippen LogP contribution in [0.5, 0.6) is 0 Å². The molecule has 10 aromatic rings. The summed E-state index contributed by atoms with van der Waals surface area (Å²) in [5, 5.41) is 28.8. The Hall–Kier alpha value is -8.79. The fourth-order valence-corrected chi connectivity index (χ4v) is 7.74. The molecule has 9 nitrogen and oxygen atoms in total. The molecule has 0 N–H and O–H groups in total. The van der Waals surface area contributed by atoms with E-state index in [-0.39, 0.29) is 50.9 Å². The van der Waals surface area contributed by atoms with Crippen molar-refractivity contribution in [2.45, 2.75) is 0 Å². The Morgan fingerprint density at radius 3 is 0.867 bits per heavy atom. The molecular weight excluding hydrogens is 760 g/mol. The first kappa shape index (κ1) is 35.6. The van der Waals surface area contributed by atoms with Gasteiger partial charge in [0, 0.05) is 17.1 Å². The summed E-state index contributed by atoms with van der Waals surface area (Å²) in [6, 6.07) is 45.9. The minimum absolute atomic E-state index is 0.0836. The van der Waals surface area contributed by atoms with E-state index in [0.29, 0.717) is 50.2 Å². The molecule has 10 rings (SSSR count). The molecular formula is C48H24F3N9. The van der Waals surface area contributed by atoms with E-state index in [2.05, 4.69) is 0 Å². The zero-order valence-electron chi connectivity index (χ0n) is 31.0. The van der Waals surface area contributed by atoms with E-state index in [1.165, 1.54) is 36.4 Å². The Morgan fingerprint density at radius 1 is 0.367 bits per heavy atom. The van der Waals surface area contributed by atoms with Gasteiger partial charge in [-0.1, -0.05) is 54.6 Å². The van der Waals surface area contributed by atoms with Crippen LogP contribution >= 0.6 is 0 Å². The Labute approximate surface area is 339 Å². The highest BCUT2D eigenvalue weighted by molar-refractivity contribution is 6.22. The van der Waals surface area contributed by atoms with Gasteiger partial charge >= 0.3 is 0 Å². The van der Waals surface area contributed by atoms with Gasteiger partial charge in [-0.2, -0.15) is 15.8 Å². The van der Waals surface area contributed by atoms with Crippen molar-refractivity contribution in [3.63, 3.8) is 0 Å². The lowest BCUT2D eigenvalue weighted by Gasteiger charge is -2.13. The molecule has 0 saturated heterocycles. The molecule has 0 radical (unpaired) electrons. The lowest BCUT2D eigenvalue weighted by Crippen LogP contribution is -2.01. The van der Waals surface area contributed by atoms with E-state index < -0.39 is 17.5 Å². The molecule has 0 bridgehead atoms. The van der Waals surface area contributed by atoms with Crippen LogP contribution in [0.4, 0.5) is 13.2 Å². The molecule has 0 spiro atoms. The number of rotatable bonds is 6. The third kappa shape index (κ3) is 5.50. The number of halogens is 3. The molecule has 12 heteroatoms. The molecule has 3 heterocycles. The van der Waals surface area contributed by atoms with Gasteiger partial charge in [-0.15, -0.1) is 0 Å². The molecule has 60 heavy (non-hydrogen) atoms. The van der Waals surface area contributed by atoms with Crippen LogP contribution in [0.1, 0.15) is 16.7 Å². The van der Waals surface area contributed by atoms with Crippen molar-refractivity contribution in [1.29, 1.82) is 15.8 Å². The fraction of sp³-hybridized carbons (Fsp3) is 0. The average Bonchev–Trinajstić information content (AvgIpc) is 3.99. The maximum atomic E-state index is 16.3. The SMILES string of the molecule is N#Cc1ccc(-c2nc3c(c4nc(-c5ccc(C#N)cc5F)n(-c5ccccc5)c4c4nc(-c5ccc(C#N)cc5F)n(-c5ccccc5)c34)n2-c2ccccc2)c(F)c1. The molecule has 282 valence electrons. The van der Waals surface area contributed by atoms with Gasteiger partial charge in [-0.05, 0) is 91.0 Å². The maximum absolute atomic E-state index is 16.3. The summed E-state index contributed by atoms with van der Waals surface area (Å²) in [5.74, 6) is -1.58. The van der Waals surface area contributed by atoms with Crippen molar-refractivity contribution < 1.29 is 13.2 Å². The second kappa shape index (κ2) is 14.0. The van der Waals surface area contributed by atoms with Gasteiger partial charge in [0.15, 0.2) is 0 Å². The number of benzene rings is 7. The first-order valence-corrected chi connectivity index (χ1v) is 18.5. The quantitative estimate of drug-likeness (QED) is 0.165. The largest absolute Gasteiger partial charge is 0.290 e. The highest BCUT2D eigenvalue weighted by atomic mass is 19.1. The second-order valence-corrected chi connectivity index (χ2v) is 13.8. The number of fused-ring (bicyclic) bond motifs is 6. The minimum Gasteiger partial charge on any atom is -0.290 e. The summed E-state index contributed by atoms with van der Waals surface area (Å²) in [6.07, 6.45) is 0. The normalized spacial score (nSPS) is 11.2. The second-order valence-electron chi connectivity index (χ2n) is 13.8. The van der Waals surface area contributed by atoms with Gasteiger partial charge < -0.3 is 0 Å². The van der Waals surface area contributed by atoms with Crippen LogP contribution in [0.25, 0.3) is 84.3 Å². The predicted molar refractivity (Wildman–Crippen MR) is 221 cm³/mol. The molecule has 0 aliphatic rings. The monoisotopic (exact) mass is 783 g/mol. The number of hydrogen-bond donors (Lipinski definition) is 0. The van der Waals surface area contributed by atoms with Crippen molar-refractivity contribution in [2.24, 2.45) is 0 Å². The number of aromatic nitrogens is 6. The Kier molecular flexibility index (Phi) is 8.31. The van der Waals surface area contributed by atoms with Gasteiger partial charge in [0.1, 0.15) is 68.0 Å². The molecule has 7 aromatic carbocycles. The molecule has 0 aliphatic carbocycles. The Balaban J connectivity index is 1.50. The number of nitriles is 3. The van der Waals surface area contributed by atoms with Crippen molar-refractivity contribution in [2.75, 3.05) is 0 Å². The van der Waals surface area contributed by atoms with Gasteiger partial charge in [0.2, 0.25) is 0 Å². The summed E-state index contributed by atoms with van der Waals surface area (Å²) in [7, 11) is 0. The van der Waals surface area contributed by atoms with E-state index >= 15 is 13.2 Å². The minimum atomic E-state index is -0.693. The van der Waals surface area contributed by atoms with E-state index in [1.54, 1.807) is 13.7 Å². The van der Waals surface area contributed by atoms with Crippen LogP contribution in [0, 0.1) is 51.4 Å². The number of imidazole rings is 3. The zero-order chi connectivity index (χ0) is 41.1. The third-order valence-electron chi connectivity index (χ3n) is 10.4. The number of para-hydroxylation sites is 3. The van der Waals surface area contributed by atoms with Crippen LogP contribution in [0.2, 0.25) is 0 Å². The summed E-state index contributed by atoms with van der Waals surface area (Å²) in [6.45, 7) is 0. The van der Waals surface area contributed by atoms with E-state index in [4.69, 9.17) is 15.0 Å². The summed E-state index contributed by atoms with van der Waals surface area (Å²) in [5.41, 5.74) is 4.49. The van der Waals surface area contributed by atoms with Gasteiger partial charge in [0.25, 0.3) is 0 Å². The van der Waals surface area contributed by atoms with Gasteiger partial charge in [-0.25, -0.2) is 28.1 Å². The van der Waals surface area contributed by atoms with Gasteiger partial charge in [-0.3, -0.25) is 13.7 Å². The van der Waals surface area contributed by atoms with E-state index in [9.17, 15) is 15.8 Å². The molecule has 0 atom stereocenters. The van der Waals surface area contributed by atoms with Crippen LogP contribution in [-0.2, 0) is 0 Å². The number of hydrogen-bond acceptors (Lipinski definition) is 6. The Bertz CT molecular complexity index is 3100. The highest BCUT2D eigenvalue weighted by Crippen LogP contribution is 2.45. The lowest BCUT2D eigenvalue weighted by molar-refractivity contribution is 0.628. The molecule has 3 aromatic heterocycles. The molecule has 0 unspecified atom stereocenters. The summed E-state index contributed by atoms with van der Waals surface area (Å²) < 4.78 is 54.2. The third-order valence-corrected chi connectivity index (χ3v) is 10.4. The summed E-state index contributed by atoms with van der Waals surface area (Å²) in [4.78, 5) is 15.6. The summed E-state index contributed by atoms with van der Waals surface area (Å²) >= 11 is 0. The number of nitrogens with zero attached hydrogens (tertiary/aromatic N) is 9. The van der Waals surface area contributed by atoms with E-state index in [1.807, 2.05) is 109 Å². The maximum Gasteiger partial charge on any atom is 0.148 e. The van der Waals surface area contributed by atoms with Crippen LogP contribution in [0.15, 0.2) is 146 Å². The smallest absolute Gasteiger partial charge is 0.148 e. The lowest BCUT2D eigenvalue weighted by atomic mass is 10.1. The molecule has 0 saturated carbocycles. The van der Waals surface area contributed by atoms with Crippen LogP contribution in [0.3, 0.4) is 0 Å². The van der Waals surface area contributed by atoms with Crippen LogP contribution in [-0.4, -0.2) is 28.7 Å². The van der Waals surface area contributed by atoms with E-state index in [0.717, 1.165) is 18.2 Å². The van der Waals surface area contributed by atoms with Crippen molar-refractivity contribution in [3.8, 4) is 69.4 Å². The van der Waals surface area contributed by atoms with Crippen molar-refractivity contribution in [3.05, 3.63) is 180 Å². The average molecular weight is 784 g/mol. The molecule has 0 aliphatic heterocycles.